The van der Waals surface area contributed by atoms with Gasteiger partial charge in [-0.15, -0.1) is 0 Å². The summed E-state index contributed by atoms with van der Waals surface area (Å²) < 4.78 is 0. The second kappa shape index (κ2) is 2.16. The maximum Gasteiger partial charge on any atom is 0.225 e. The molecule has 2 heteroatoms. The van der Waals surface area contributed by atoms with Crippen LogP contribution in [0.15, 0.2) is 23.3 Å². The molecule has 0 spiro atoms. The van der Waals surface area contributed by atoms with Crippen molar-refractivity contribution in [1.29, 1.82) is 0 Å². The zero-order valence-corrected chi connectivity index (χ0v) is 6.09. The number of carbonyl (C=O) groups is 2. The Balaban J connectivity index is 2.44. The summed E-state index contributed by atoms with van der Waals surface area (Å²) in [5, 5.41) is 0. The number of rotatable bonds is 0. The predicted molar refractivity (Wildman–Crippen MR) is 40.0 cm³/mol. The molecule has 2 aliphatic carbocycles. The average molecular weight is 148 g/mol. The summed E-state index contributed by atoms with van der Waals surface area (Å²) in [6.45, 7) is 0. The molecule has 0 N–H and O–H groups in total. The van der Waals surface area contributed by atoms with E-state index in [1.54, 1.807) is 0 Å². The van der Waals surface area contributed by atoms with Crippen LogP contribution in [0.2, 0.25) is 0 Å². The lowest BCUT2D eigenvalue weighted by atomic mass is 9.99. The van der Waals surface area contributed by atoms with Crippen molar-refractivity contribution in [3.63, 3.8) is 0 Å². The van der Waals surface area contributed by atoms with Gasteiger partial charge < -0.3 is 0 Å². The first kappa shape index (κ1) is 6.53. The van der Waals surface area contributed by atoms with Crippen LogP contribution in [0.5, 0.6) is 0 Å². The van der Waals surface area contributed by atoms with Crippen molar-refractivity contribution in [2.45, 2.75) is 19.3 Å². The summed E-state index contributed by atoms with van der Waals surface area (Å²) in [7, 11) is 0. The third-order valence-corrected chi connectivity index (χ3v) is 2.16. The Morgan fingerprint density at radius 3 is 1.82 bits per heavy atom. The highest BCUT2D eigenvalue weighted by atomic mass is 16.2. The van der Waals surface area contributed by atoms with Gasteiger partial charge in [0, 0.05) is 0 Å². The normalized spacial score (nSPS) is 22.9. The van der Waals surface area contributed by atoms with Gasteiger partial charge in [-0.25, -0.2) is 0 Å². The molecule has 0 aliphatic heterocycles. The van der Waals surface area contributed by atoms with Crippen molar-refractivity contribution in [3.8, 4) is 0 Å². The molecule has 2 aliphatic rings. The summed E-state index contributed by atoms with van der Waals surface area (Å²) in [6.07, 6.45) is 5.99. The van der Waals surface area contributed by atoms with Gasteiger partial charge in [0.2, 0.25) is 11.6 Å². The second-order valence-electron chi connectivity index (χ2n) is 2.92. The van der Waals surface area contributed by atoms with E-state index in [9.17, 15) is 9.59 Å². The van der Waals surface area contributed by atoms with Gasteiger partial charge in [-0.05, 0) is 42.6 Å². The molecule has 11 heavy (non-hydrogen) atoms. The Morgan fingerprint density at radius 1 is 0.909 bits per heavy atom. The molecule has 0 radical (unpaired) electrons. The van der Waals surface area contributed by atoms with Gasteiger partial charge in [-0.2, -0.15) is 0 Å². The van der Waals surface area contributed by atoms with Gasteiger partial charge >= 0.3 is 0 Å². The highest BCUT2D eigenvalue weighted by Gasteiger charge is 2.22. The quantitative estimate of drug-likeness (QED) is 0.382. The Hall–Kier alpha value is -1.18. The molecule has 0 aromatic carbocycles. The zero-order valence-electron chi connectivity index (χ0n) is 6.09. The van der Waals surface area contributed by atoms with Gasteiger partial charge in [0.15, 0.2) is 0 Å². The number of fused-ring (bicyclic) bond motifs is 1. The fourth-order valence-corrected chi connectivity index (χ4v) is 1.58. The number of hydrogen-bond acceptors (Lipinski definition) is 2. The van der Waals surface area contributed by atoms with E-state index in [0.29, 0.717) is 0 Å². The van der Waals surface area contributed by atoms with Crippen LogP contribution in [0.3, 0.4) is 0 Å². The molecule has 2 rings (SSSR count). The lowest BCUT2D eigenvalue weighted by Crippen LogP contribution is -2.12. The van der Waals surface area contributed by atoms with Crippen molar-refractivity contribution < 1.29 is 9.59 Å². The zero-order chi connectivity index (χ0) is 7.84. The second-order valence-corrected chi connectivity index (χ2v) is 2.92. The highest BCUT2D eigenvalue weighted by Crippen LogP contribution is 2.31. The Morgan fingerprint density at radius 2 is 1.36 bits per heavy atom. The van der Waals surface area contributed by atoms with E-state index >= 15 is 0 Å². The van der Waals surface area contributed by atoms with Crippen molar-refractivity contribution >= 4 is 11.6 Å². The third-order valence-electron chi connectivity index (χ3n) is 2.16. The van der Waals surface area contributed by atoms with Crippen molar-refractivity contribution in [3.05, 3.63) is 23.3 Å². The molecule has 0 saturated heterocycles. The monoisotopic (exact) mass is 148 g/mol. The van der Waals surface area contributed by atoms with Crippen LogP contribution in [-0.2, 0) is 9.59 Å². The average Bonchev–Trinajstić information content (AvgIpc) is 2.36. The van der Waals surface area contributed by atoms with Crippen molar-refractivity contribution in [2.24, 2.45) is 0 Å². The van der Waals surface area contributed by atoms with Gasteiger partial charge in [0.25, 0.3) is 0 Å². The molecule has 0 unspecified atom stereocenters. The maximum absolute atomic E-state index is 10.9. The van der Waals surface area contributed by atoms with Gasteiger partial charge in [-0.3, -0.25) is 9.59 Å². The number of hydrogen-bond donors (Lipinski definition) is 0. The molecule has 0 amide bonds. The SMILES string of the molecule is O=C1C=C2CCCC2=CC1=O. The molecule has 2 nitrogen and oxygen atoms in total. The fourth-order valence-electron chi connectivity index (χ4n) is 1.58. The fraction of sp³-hybridized carbons (Fsp3) is 0.333. The smallest absolute Gasteiger partial charge is 0.225 e. The summed E-state index contributed by atoms with van der Waals surface area (Å²) in [6, 6.07) is 0. The number of carbonyl (C=O) groups excluding carboxylic acids is 2. The predicted octanol–water partition coefficient (Wildman–Crippen LogP) is 1.17. The van der Waals surface area contributed by atoms with E-state index in [4.69, 9.17) is 0 Å². The first-order valence-electron chi connectivity index (χ1n) is 3.77. The molecule has 1 fully saturated rings. The topological polar surface area (TPSA) is 34.1 Å². The molecule has 1 saturated carbocycles. The largest absolute Gasteiger partial charge is 0.286 e. The first-order valence-corrected chi connectivity index (χ1v) is 3.77. The third kappa shape index (κ3) is 0.946. The van der Waals surface area contributed by atoms with Crippen LogP contribution in [0.4, 0.5) is 0 Å². The minimum Gasteiger partial charge on any atom is -0.286 e. The molecular weight excluding hydrogens is 140 g/mol. The van der Waals surface area contributed by atoms with E-state index in [1.165, 1.54) is 12.2 Å². The van der Waals surface area contributed by atoms with E-state index in [2.05, 4.69) is 0 Å². The Bertz CT molecular complexity index is 265. The minimum absolute atomic E-state index is 0.356. The van der Waals surface area contributed by atoms with Crippen LogP contribution >= 0.6 is 0 Å². The van der Waals surface area contributed by atoms with Crippen LogP contribution < -0.4 is 0 Å². The summed E-state index contributed by atoms with van der Waals surface area (Å²) in [5.74, 6) is -0.712. The van der Waals surface area contributed by atoms with Crippen LogP contribution in [0.25, 0.3) is 0 Å². The molecular formula is C9H8O2. The van der Waals surface area contributed by atoms with Crippen LogP contribution in [0, 0.1) is 0 Å². The highest BCUT2D eigenvalue weighted by molar-refractivity contribution is 6.46. The lowest BCUT2D eigenvalue weighted by Gasteiger charge is -2.03. The van der Waals surface area contributed by atoms with Crippen LogP contribution in [0.1, 0.15) is 19.3 Å². The van der Waals surface area contributed by atoms with E-state index in [1.807, 2.05) is 0 Å². The Labute approximate surface area is 64.6 Å². The molecule has 56 valence electrons. The molecule has 0 heterocycles. The Kier molecular flexibility index (Phi) is 1.28. The lowest BCUT2D eigenvalue weighted by molar-refractivity contribution is -0.131. The summed E-state index contributed by atoms with van der Waals surface area (Å²) in [5.41, 5.74) is 2.16. The van der Waals surface area contributed by atoms with Gasteiger partial charge in [0.1, 0.15) is 0 Å². The molecule has 0 aromatic rings. The van der Waals surface area contributed by atoms with E-state index in [-0.39, 0.29) is 11.6 Å². The minimum atomic E-state index is -0.356. The van der Waals surface area contributed by atoms with Crippen molar-refractivity contribution in [1.82, 2.24) is 0 Å². The van der Waals surface area contributed by atoms with E-state index in [0.717, 1.165) is 30.4 Å². The maximum atomic E-state index is 10.9. The molecule has 0 atom stereocenters. The van der Waals surface area contributed by atoms with E-state index < -0.39 is 0 Å². The standard InChI is InChI=1S/C9H8O2/c10-8-4-6-2-1-3-7(6)5-9(8)11/h4-5H,1-3H2. The van der Waals surface area contributed by atoms with Gasteiger partial charge in [0.05, 0.1) is 0 Å². The first-order chi connectivity index (χ1) is 5.27. The van der Waals surface area contributed by atoms with Crippen molar-refractivity contribution in [2.75, 3.05) is 0 Å². The van der Waals surface area contributed by atoms with Crippen LogP contribution in [-0.4, -0.2) is 11.6 Å². The molecule has 0 bridgehead atoms. The number of ketones is 2. The van der Waals surface area contributed by atoms with Gasteiger partial charge in [-0.1, -0.05) is 0 Å². The number of allylic oxidation sites excluding steroid dienone is 4. The summed E-state index contributed by atoms with van der Waals surface area (Å²) in [4.78, 5) is 21.7. The molecule has 0 aromatic heterocycles. The summed E-state index contributed by atoms with van der Waals surface area (Å²) >= 11 is 0.